The Morgan fingerprint density at radius 3 is 2.61 bits per heavy atom. The molecular formula is C18H30O5. The highest BCUT2D eigenvalue weighted by molar-refractivity contribution is 5.86. The third-order valence-corrected chi connectivity index (χ3v) is 4.20. The molecule has 0 amide bonds. The largest absolute Gasteiger partial charge is 0.465 e. The van der Waals surface area contributed by atoms with Gasteiger partial charge in [0.2, 0.25) is 0 Å². The summed E-state index contributed by atoms with van der Waals surface area (Å²) in [5.74, 6) is -0.0132. The van der Waals surface area contributed by atoms with Crippen molar-refractivity contribution in [3.8, 4) is 0 Å². The van der Waals surface area contributed by atoms with Gasteiger partial charge in [-0.1, -0.05) is 14.0 Å². The van der Waals surface area contributed by atoms with Gasteiger partial charge in [-0.05, 0) is 51.4 Å². The molecule has 2 fully saturated rings. The minimum Gasteiger partial charge on any atom is -0.465 e. The van der Waals surface area contributed by atoms with Crippen LogP contribution in [0.1, 0.15) is 59.3 Å². The normalized spacial score (nSPS) is 24.8. The monoisotopic (exact) mass is 326 g/mol. The smallest absolute Gasteiger partial charge is 0.333 e. The van der Waals surface area contributed by atoms with Gasteiger partial charge in [0.05, 0.1) is 25.4 Å². The molecular weight excluding hydrogens is 296 g/mol. The van der Waals surface area contributed by atoms with Crippen molar-refractivity contribution in [1.82, 2.24) is 0 Å². The predicted octanol–water partition coefficient (Wildman–Crippen LogP) is 3.41. The summed E-state index contributed by atoms with van der Waals surface area (Å²) in [4.78, 5) is 22.8. The molecule has 1 aliphatic heterocycles. The minimum absolute atomic E-state index is 0. The lowest BCUT2D eigenvalue weighted by molar-refractivity contribution is -0.145. The van der Waals surface area contributed by atoms with Crippen molar-refractivity contribution in [3.05, 3.63) is 12.2 Å². The third-order valence-electron chi connectivity index (χ3n) is 4.20. The van der Waals surface area contributed by atoms with Gasteiger partial charge in [-0.25, -0.2) is 4.79 Å². The Balaban J connectivity index is 0.00000264. The number of esters is 2. The zero-order valence-corrected chi connectivity index (χ0v) is 13.3. The van der Waals surface area contributed by atoms with Crippen LogP contribution in [-0.2, 0) is 23.8 Å². The van der Waals surface area contributed by atoms with Gasteiger partial charge >= 0.3 is 11.9 Å². The molecule has 132 valence electrons. The maximum atomic E-state index is 11.7. The van der Waals surface area contributed by atoms with E-state index in [0.29, 0.717) is 43.3 Å². The van der Waals surface area contributed by atoms with Crippen molar-refractivity contribution in [3.63, 3.8) is 0 Å². The molecule has 2 aliphatic rings. The number of carbonyl (C=O) groups is 2. The molecule has 3 atom stereocenters. The quantitative estimate of drug-likeness (QED) is 0.281. The van der Waals surface area contributed by atoms with E-state index < -0.39 is 0 Å². The van der Waals surface area contributed by atoms with E-state index in [4.69, 9.17) is 14.2 Å². The second kappa shape index (κ2) is 9.71. The molecule has 1 saturated carbocycles. The number of hydrogen-bond acceptors (Lipinski definition) is 5. The van der Waals surface area contributed by atoms with Crippen LogP contribution in [0, 0.1) is 5.92 Å². The molecule has 1 saturated heterocycles. The van der Waals surface area contributed by atoms with Gasteiger partial charge in [0.25, 0.3) is 0 Å². The Bertz CT molecular complexity index is 418. The molecule has 1 aliphatic carbocycles. The van der Waals surface area contributed by atoms with E-state index in [1.165, 1.54) is 0 Å². The Labute approximate surface area is 139 Å². The van der Waals surface area contributed by atoms with Gasteiger partial charge in [-0.2, -0.15) is 0 Å². The molecule has 0 aromatic heterocycles. The highest BCUT2D eigenvalue weighted by Crippen LogP contribution is 2.39. The fourth-order valence-corrected chi connectivity index (χ4v) is 2.76. The van der Waals surface area contributed by atoms with E-state index in [0.717, 1.165) is 38.5 Å². The molecule has 0 N–H and O–H groups in total. The first-order chi connectivity index (χ1) is 10.6. The number of fused-ring (bicyclic) bond motifs is 1. The Kier molecular flexibility index (Phi) is 8.31. The zero-order valence-electron chi connectivity index (χ0n) is 13.3. The molecule has 1 heterocycles. The molecule has 0 spiro atoms. The molecule has 0 bridgehead atoms. The number of unbranched alkanes of at least 4 members (excludes halogenated alkanes) is 2. The highest BCUT2D eigenvalue weighted by atomic mass is 16.6. The van der Waals surface area contributed by atoms with Gasteiger partial charge < -0.3 is 14.2 Å². The maximum Gasteiger partial charge on any atom is 0.333 e. The van der Waals surface area contributed by atoms with Crippen molar-refractivity contribution < 1.29 is 23.8 Å². The number of carbonyl (C=O) groups excluding carboxylic acids is 2. The van der Waals surface area contributed by atoms with E-state index in [-0.39, 0.29) is 19.4 Å². The van der Waals surface area contributed by atoms with E-state index >= 15 is 0 Å². The fraction of sp³-hybridized carbons (Fsp3) is 0.778. The summed E-state index contributed by atoms with van der Waals surface area (Å²) in [7, 11) is 0. The highest BCUT2D eigenvalue weighted by Gasteiger charge is 2.43. The Morgan fingerprint density at radius 1 is 1.13 bits per heavy atom. The zero-order chi connectivity index (χ0) is 15.9. The lowest BCUT2D eigenvalue weighted by atomic mass is 9.90. The number of hydrogen-bond donors (Lipinski definition) is 0. The molecule has 0 aromatic rings. The summed E-state index contributed by atoms with van der Waals surface area (Å²) in [6, 6.07) is 0. The van der Waals surface area contributed by atoms with Gasteiger partial charge in [-0.15, -0.1) is 0 Å². The fourth-order valence-electron chi connectivity index (χ4n) is 2.76. The molecule has 5 nitrogen and oxygen atoms in total. The summed E-state index contributed by atoms with van der Waals surface area (Å²) >= 11 is 0. The summed E-state index contributed by atoms with van der Waals surface area (Å²) in [6.45, 7) is 6.05. The van der Waals surface area contributed by atoms with E-state index in [1.54, 1.807) is 6.92 Å². The van der Waals surface area contributed by atoms with Crippen LogP contribution in [0.2, 0.25) is 0 Å². The van der Waals surface area contributed by atoms with Crippen molar-refractivity contribution in [2.75, 3.05) is 13.2 Å². The maximum absolute atomic E-state index is 11.7. The Hall–Kier alpha value is -1.36. The van der Waals surface area contributed by atoms with Gasteiger partial charge in [0, 0.05) is 12.0 Å². The second-order valence-electron chi connectivity index (χ2n) is 6.30. The van der Waals surface area contributed by atoms with Crippen LogP contribution in [0.15, 0.2) is 12.2 Å². The Morgan fingerprint density at radius 2 is 1.91 bits per heavy atom. The van der Waals surface area contributed by atoms with Crippen molar-refractivity contribution in [2.45, 2.75) is 71.5 Å². The SMILES string of the molecule is C.C=C(C)C(=O)OCCCCCC(=O)OCC1CCC2OC2C1. The molecule has 3 unspecified atom stereocenters. The first-order valence-electron chi connectivity index (χ1n) is 8.20. The summed E-state index contributed by atoms with van der Waals surface area (Å²) in [5, 5.41) is 0. The van der Waals surface area contributed by atoms with Crippen LogP contribution in [0.5, 0.6) is 0 Å². The van der Waals surface area contributed by atoms with Gasteiger partial charge in [0.1, 0.15) is 0 Å². The molecule has 23 heavy (non-hydrogen) atoms. The molecule has 0 aromatic carbocycles. The average molecular weight is 326 g/mol. The second-order valence-corrected chi connectivity index (χ2v) is 6.30. The summed E-state index contributed by atoms with van der Waals surface area (Å²) < 4.78 is 15.8. The lowest BCUT2D eigenvalue weighted by Gasteiger charge is -2.18. The first-order valence-corrected chi connectivity index (χ1v) is 8.20. The van der Waals surface area contributed by atoms with E-state index in [1.807, 2.05) is 0 Å². The predicted molar refractivity (Wildman–Crippen MR) is 87.9 cm³/mol. The lowest BCUT2D eigenvalue weighted by Crippen LogP contribution is -2.20. The van der Waals surface area contributed by atoms with Crippen molar-refractivity contribution in [1.29, 1.82) is 0 Å². The van der Waals surface area contributed by atoms with Crippen molar-refractivity contribution >= 4 is 11.9 Å². The van der Waals surface area contributed by atoms with Crippen LogP contribution in [0.4, 0.5) is 0 Å². The van der Waals surface area contributed by atoms with Gasteiger partial charge in [0.15, 0.2) is 0 Å². The first kappa shape index (κ1) is 19.7. The average Bonchev–Trinajstić information content (AvgIpc) is 3.26. The topological polar surface area (TPSA) is 65.1 Å². The summed E-state index contributed by atoms with van der Waals surface area (Å²) in [6.07, 6.45) is 6.97. The van der Waals surface area contributed by atoms with Crippen LogP contribution >= 0.6 is 0 Å². The minimum atomic E-state index is -0.353. The number of epoxide rings is 1. The third kappa shape index (κ3) is 7.16. The van der Waals surface area contributed by atoms with Gasteiger partial charge in [-0.3, -0.25) is 4.79 Å². The van der Waals surface area contributed by atoms with Crippen LogP contribution < -0.4 is 0 Å². The standard InChI is InChI=1S/C17H26O5.CH4/c1-12(2)17(19)20-9-5-3-4-6-16(18)21-11-13-7-8-14-15(10-13)22-14;/h13-15H,1,3-11H2,2H3;1H4. The molecule has 0 radical (unpaired) electrons. The summed E-state index contributed by atoms with van der Waals surface area (Å²) in [5.41, 5.74) is 0.411. The molecule has 5 heteroatoms. The van der Waals surface area contributed by atoms with Crippen LogP contribution in [0.25, 0.3) is 0 Å². The van der Waals surface area contributed by atoms with Crippen molar-refractivity contribution in [2.24, 2.45) is 5.92 Å². The van der Waals surface area contributed by atoms with Crippen LogP contribution in [-0.4, -0.2) is 37.4 Å². The number of ether oxygens (including phenoxy) is 3. The van der Waals surface area contributed by atoms with E-state index in [2.05, 4.69) is 6.58 Å². The molecule has 2 rings (SSSR count). The number of rotatable bonds is 9. The van der Waals surface area contributed by atoms with Crippen LogP contribution in [0.3, 0.4) is 0 Å². The van der Waals surface area contributed by atoms with E-state index in [9.17, 15) is 9.59 Å².